The fourth-order valence-corrected chi connectivity index (χ4v) is 1.46. The van der Waals surface area contributed by atoms with Gasteiger partial charge < -0.3 is 10.1 Å². The van der Waals surface area contributed by atoms with E-state index in [0.29, 0.717) is 6.04 Å². The summed E-state index contributed by atoms with van der Waals surface area (Å²) in [5, 5.41) is 3.22. The highest BCUT2D eigenvalue weighted by Crippen LogP contribution is 2.14. The van der Waals surface area contributed by atoms with Gasteiger partial charge in [0, 0.05) is 12.3 Å². The zero-order valence-corrected chi connectivity index (χ0v) is 7.29. The van der Waals surface area contributed by atoms with Gasteiger partial charge in [0.05, 0.1) is 12.6 Å². The Bertz CT molecular complexity index is 284. The van der Waals surface area contributed by atoms with Gasteiger partial charge in [0.15, 0.2) is 0 Å². The molecule has 0 aliphatic carbocycles. The van der Waals surface area contributed by atoms with E-state index >= 15 is 0 Å². The SMILES string of the molecule is Fc1cccc(NC2CCOC2)c1. The predicted octanol–water partition coefficient (Wildman–Crippen LogP) is 2.03. The molecule has 1 heterocycles. The Hall–Kier alpha value is -1.09. The third-order valence-corrected chi connectivity index (χ3v) is 2.13. The molecule has 0 saturated carbocycles. The molecule has 1 aliphatic heterocycles. The van der Waals surface area contributed by atoms with Gasteiger partial charge in [0.25, 0.3) is 0 Å². The lowest BCUT2D eigenvalue weighted by Crippen LogP contribution is -2.18. The minimum absolute atomic E-state index is 0.205. The standard InChI is InChI=1S/C10H12FNO/c11-8-2-1-3-9(6-8)12-10-4-5-13-7-10/h1-3,6,10,12H,4-5,7H2. The number of ether oxygens (including phenoxy) is 1. The van der Waals surface area contributed by atoms with Crippen molar-refractivity contribution in [3.63, 3.8) is 0 Å². The maximum Gasteiger partial charge on any atom is 0.125 e. The minimum Gasteiger partial charge on any atom is -0.380 e. The van der Waals surface area contributed by atoms with Crippen LogP contribution in [0.3, 0.4) is 0 Å². The van der Waals surface area contributed by atoms with E-state index in [2.05, 4.69) is 5.32 Å². The number of rotatable bonds is 2. The first-order valence-corrected chi connectivity index (χ1v) is 4.44. The molecule has 1 saturated heterocycles. The second-order valence-corrected chi connectivity index (χ2v) is 3.22. The normalized spacial score (nSPS) is 21.8. The molecule has 1 aromatic rings. The Morgan fingerprint density at radius 3 is 3.08 bits per heavy atom. The molecule has 0 amide bonds. The maximum atomic E-state index is 12.8. The van der Waals surface area contributed by atoms with E-state index in [0.717, 1.165) is 25.3 Å². The molecule has 0 radical (unpaired) electrons. The number of hydrogen-bond donors (Lipinski definition) is 1. The van der Waals surface area contributed by atoms with Crippen LogP contribution in [0.1, 0.15) is 6.42 Å². The van der Waals surface area contributed by atoms with Crippen LogP contribution in [-0.4, -0.2) is 19.3 Å². The van der Waals surface area contributed by atoms with Crippen molar-refractivity contribution in [2.24, 2.45) is 0 Å². The van der Waals surface area contributed by atoms with Crippen LogP contribution in [0.2, 0.25) is 0 Å². The zero-order chi connectivity index (χ0) is 9.10. The van der Waals surface area contributed by atoms with Gasteiger partial charge in [-0.15, -0.1) is 0 Å². The third-order valence-electron chi connectivity index (χ3n) is 2.13. The average Bonchev–Trinajstić information content (AvgIpc) is 2.57. The van der Waals surface area contributed by atoms with Crippen LogP contribution in [0.5, 0.6) is 0 Å². The fourth-order valence-electron chi connectivity index (χ4n) is 1.46. The van der Waals surface area contributed by atoms with Crippen molar-refractivity contribution in [1.29, 1.82) is 0 Å². The Kier molecular flexibility index (Phi) is 2.45. The molecular weight excluding hydrogens is 169 g/mol. The first kappa shape index (κ1) is 8.51. The van der Waals surface area contributed by atoms with Crippen molar-refractivity contribution in [2.75, 3.05) is 18.5 Å². The van der Waals surface area contributed by atoms with Crippen molar-refractivity contribution < 1.29 is 9.13 Å². The molecule has 0 bridgehead atoms. The lowest BCUT2D eigenvalue weighted by Gasteiger charge is -2.11. The van der Waals surface area contributed by atoms with Crippen molar-refractivity contribution in [3.8, 4) is 0 Å². The number of halogens is 1. The minimum atomic E-state index is -0.205. The molecular formula is C10H12FNO. The van der Waals surface area contributed by atoms with E-state index in [-0.39, 0.29) is 5.82 Å². The lowest BCUT2D eigenvalue weighted by atomic mass is 10.2. The predicted molar refractivity (Wildman–Crippen MR) is 49.2 cm³/mol. The van der Waals surface area contributed by atoms with E-state index in [1.807, 2.05) is 6.07 Å². The van der Waals surface area contributed by atoms with Gasteiger partial charge in [-0.3, -0.25) is 0 Å². The van der Waals surface area contributed by atoms with Gasteiger partial charge in [0.2, 0.25) is 0 Å². The van der Waals surface area contributed by atoms with E-state index in [4.69, 9.17) is 4.74 Å². The summed E-state index contributed by atoms with van der Waals surface area (Å²) in [6, 6.07) is 6.84. The summed E-state index contributed by atoms with van der Waals surface area (Å²) in [4.78, 5) is 0. The molecule has 1 N–H and O–H groups in total. The van der Waals surface area contributed by atoms with Crippen molar-refractivity contribution in [2.45, 2.75) is 12.5 Å². The summed E-state index contributed by atoms with van der Waals surface area (Å²) in [6.07, 6.45) is 0.997. The summed E-state index contributed by atoms with van der Waals surface area (Å²) in [5.41, 5.74) is 0.829. The average molecular weight is 181 g/mol. The summed E-state index contributed by atoms with van der Waals surface area (Å²) < 4.78 is 18.0. The largest absolute Gasteiger partial charge is 0.380 e. The van der Waals surface area contributed by atoms with E-state index in [1.54, 1.807) is 6.07 Å². The van der Waals surface area contributed by atoms with Crippen LogP contribution in [0.4, 0.5) is 10.1 Å². The molecule has 1 unspecified atom stereocenters. The monoisotopic (exact) mass is 181 g/mol. The second kappa shape index (κ2) is 3.75. The molecule has 0 aromatic heterocycles. The van der Waals surface area contributed by atoms with Crippen LogP contribution in [-0.2, 0) is 4.74 Å². The summed E-state index contributed by atoms with van der Waals surface area (Å²) in [6.45, 7) is 1.52. The molecule has 2 nitrogen and oxygen atoms in total. The molecule has 3 heteroatoms. The van der Waals surface area contributed by atoms with Gasteiger partial charge in [-0.05, 0) is 24.6 Å². The van der Waals surface area contributed by atoms with Gasteiger partial charge in [-0.25, -0.2) is 4.39 Å². The first-order valence-electron chi connectivity index (χ1n) is 4.44. The zero-order valence-electron chi connectivity index (χ0n) is 7.29. The van der Waals surface area contributed by atoms with Gasteiger partial charge in [-0.1, -0.05) is 6.07 Å². The summed E-state index contributed by atoms with van der Waals surface area (Å²) >= 11 is 0. The molecule has 1 aliphatic rings. The molecule has 2 rings (SSSR count). The van der Waals surface area contributed by atoms with Gasteiger partial charge in [-0.2, -0.15) is 0 Å². The van der Waals surface area contributed by atoms with Crippen LogP contribution in [0.15, 0.2) is 24.3 Å². The lowest BCUT2D eigenvalue weighted by molar-refractivity contribution is 0.195. The Balaban J connectivity index is 2.00. The first-order chi connectivity index (χ1) is 6.34. The highest BCUT2D eigenvalue weighted by atomic mass is 19.1. The molecule has 1 aromatic carbocycles. The highest BCUT2D eigenvalue weighted by molar-refractivity contribution is 5.44. The number of benzene rings is 1. The van der Waals surface area contributed by atoms with Gasteiger partial charge >= 0.3 is 0 Å². The fraction of sp³-hybridized carbons (Fsp3) is 0.400. The second-order valence-electron chi connectivity index (χ2n) is 3.22. The van der Waals surface area contributed by atoms with Crippen LogP contribution >= 0.6 is 0 Å². The van der Waals surface area contributed by atoms with Crippen LogP contribution in [0.25, 0.3) is 0 Å². The van der Waals surface area contributed by atoms with Crippen LogP contribution in [0, 0.1) is 5.82 Å². The third kappa shape index (κ3) is 2.18. The van der Waals surface area contributed by atoms with Crippen molar-refractivity contribution >= 4 is 5.69 Å². The van der Waals surface area contributed by atoms with Crippen molar-refractivity contribution in [1.82, 2.24) is 0 Å². The highest BCUT2D eigenvalue weighted by Gasteiger charge is 2.14. The number of nitrogens with one attached hydrogen (secondary N) is 1. The smallest absolute Gasteiger partial charge is 0.125 e. The molecule has 0 spiro atoms. The summed E-state index contributed by atoms with van der Waals surface area (Å²) in [7, 11) is 0. The van der Waals surface area contributed by atoms with Crippen molar-refractivity contribution in [3.05, 3.63) is 30.1 Å². The van der Waals surface area contributed by atoms with E-state index in [1.165, 1.54) is 12.1 Å². The Morgan fingerprint density at radius 2 is 2.38 bits per heavy atom. The van der Waals surface area contributed by atoms with E-state index < -0.39 is 0 Å². The topological polar surface area (TPSA) is 21.3 Å². The van der Waals surface area contributed by atoms with E-state index in [9.17, 15) is 4.39 Å². The Labute approximate surface area is 76.7 Å². The maximum absolute atomic E-state index is 12.8. The number of anilines is 1. The quantitative estimate of drug-likeness (QED) is 0.753. The van der Waals surface area contributed by atoms with Gasteiger partial charge in [0.1, 0.15) is 5.82 Å². The molecule has 1 atom stereocenters. The Morgan fingerprint density at radius 1 is 1.46 bits per heavy atom. The number of hydrogen-bond acceptors (Lipinski definition) is 2. The molecule has 70 valence electrons. The molecule has 1 fully saturated rings. The molecule has 13 heavy (non-hydrogen) atoms. The van der Waals surface area contributed by atoms with Crippen LogP contribution < -0.4 is 5.32 Å². The summed E-state index contributed by atoms with van der Waals surface area (Å²) in [5.74, 6) is -0.205.